The molecule has 0 spiro atoms. The highest BCUT2D eigenvalue weighted by molar-refractivity contribution is 5.95. The van der Waals surface area contributed by atoms with Crippen molar-refractivity contribution in [3.8, 4) is 22.9 Å². The van der Waals surface area contributed by atoms with Crippen LogP contribution in [0.3, 0.4) is 0 Å². The summed E-state index contributed by atoms with van der Waals surface area (Å²) in [7, 11) is 3.17. The Balaban J connectivity index is 1.89. The smallest absolute Gasteiger partial charge is 0.248 e. The molecule has 0 bridgehead atoms. The second kappa shape index (κ2) is 8.08. The molecule has 0 radical (unpaired) electrons. The summed E-state index contributed by atoms with van der Waals surface area (Å²) >= 11 is 0. The lowest BCUT2D eigenvalue weighted by Crippen LogP contribution is -2.10. The fourth-order valence-corrected chi connectivity index (χ4v) is 3.12. The minimum absolute atomic E-state index is 0.425. The molecule has 1 amide bonds. The lowest BCUT2D eigenvalue weighted by atomic mass is 10.1. The van der Waals surface area contributed by atoms with Crippen molar-refractivity contribution in [3.63, 3.8) is 0 Å². The Morgan fingerprint density at radius 1 is 0.900 bits per heavy atom. The van der Waals surface area contributed by atoms with Gasteiger partial charge in [-0.3, -0.25) is 4.79 Å². The number of para-hydroxylation sites is 1. The van der Waals surface area contributed by atoms with E-state index in [2.05, 4.69) is 5.32 Å². The summed E-state index contributed by atoms with van der Waals surface area (Å²) in [6, 6.07) is 20.3. The molecule has 0 aliphatic heterocycles. The van der Waals surface area contributed by atoms with E-state index in [1.54, 1.807) is 38.5 Å². The Morgan fingerprint density at radius 3 is 2.20 bits per heavy atom. The van der Waals surface area contributed by atoms with Gasteiger partial charge in [-0.15, -0.1) is 0 Å². The van der Waals surface area contributed by atoms with Crippen molar-refractivity contribution < 1.29 is 14.3 Å². The first-order chi connectivity index (χ1) is 14.6. The van der Waals surface area contributed by atoms with E-state index >= 15 is 0 Å². The van der Waals surface area contributed by atoms with Crippen molar-refractivity contribution in [1.29, 1.82) is 0 Å². The van der Waals surface area contributed by atoms with E-state index in [4.69, 9.17) is 25.2 Å². The Labute approximate surface area is 173 Å². The van der Waals surface area contributed by atoms with Crippen LogP contribution in [-0.4, -0.2) is 30.1 Å². The topological polar surface area (TPSA) is 99.4 Å². The third kappa shape index (κ3) is 3.73. The minimum atomic E-state index is -0.482. The third-order valence-electron chi connectivity index (χ3n) is 4.67. The van der Waals surface area contributed by atoms with Gasteiger partial charge < -0.3 is 20.5 Å². The van der Waals surface area contributed by atoms with Crippen molar-refractivity contribution in [2.45, 2.75) is 0 Å². The molecule has 7 heteroatoms. The predicted molar refractivity (Wildman–Crippen MR) is 116 cm³/mol. The predicted octanol–water partition coefficient (Wildman–Crippen LogP) is 4.16. The molecule has 4 aromatic rings. The Kier molecular flexibility index (Phi) is 5.17. The van der Waals surface area contributed by atoms with E-state index in [1.165, 1.54) is 0 Å². The van der Waals surface area contributed by atoms with Crippen LogP contribution in [0, 0.1) is 0 Å². The fourth-order valence-electron chi connectivity index (χ4n) is 3.12. The maximum Gasteiger partial charge on any atom is 0.248 e. The number of nitrogens with two attached hydrogens (primary N) is 1. The number of hydrogen-bond acceptors (Lipinski definition) is 6. The molecule has 0 unspecified atom stereocenters. The van der Waals surface area contributed by atoms with Gasteiger partial charge in [0.1, 0.15) is 5.82 Å². The first kappa shape index (κ1) is 19.2. The lowest BCUT2D eigenvalue weighted by molar-refractivity contribution is 0.100. The van der Waals surface area contributed by atoms with Crippen LogP contribution in [0.4, 0.5) is 11.5 Å². The van der Waals surface area contributed by atoms with Gasteiger partial charge in [0.05, 0.1) is 19.7 Å². The summed E-state index contributed by atoms with van der Waals surface area (Å²) in [6.45, 7) is 0. The second-order valence-electron chi connectivity index (χ2n) is 6.55. The number of nitrogens with one attached hydrogen (secondary N) is 1. The summed E-state index contributed by atoms with van der Waals surface area (Å²) in [5.74, 6) is 1.81. The van der Waals surface area contributed by atoms with Crippen LogP contribution in [0.5, 0.6) is 11.5 Å². The number of hydrogen-bond donors (Lipinski definition) is 2. The van der Waals surface area contributed by atoms with Crippen molar-refractivity contribution in [2.24, 2.45) is 5.73 Å². The average molecular weight is 400 g/mol. The van der Waals surface area contributed by atoms with E-state index in [0.717, 1.165) is 16.6 Å². The van der Waals surface area contributed by atoms with E-state index in [1.807, 2.05) is 42.5 Å². The van der Waals surface area contributed by atoms with Gasteiger partial charge in [0.25, 0.3) is 0 Å². The van der Waals surface area contributed by atoms with Gasteiger partial charge in [0, 0.05) is 28.3 Å². The molecule has 0 saturated heterocycles. The number of fused-ring (bicyclic) bond motifs is 1. The molecule has 30 heavy (non-hydrogen) atoms. The quantitative estimate of drug-likeness (QED) is 0.504. The first-order valence-corrected chi connectivity index (χ1v) is 9.25. The summed E-state index contributed by atoms with van der Waals surface area (Å²) in [4.78, 5) is 20.8. The van der Waals surface area contributed by atoms with Crippen molar-refractivity contribution >= 4 is 28.3 Å². The van der Waals surface area contributed by atoms with Crippen LogP contribution in [0.1, 0.15) is 10.4 Å². The summed E-state index contributed by atoms with van der Waals surface area (Å²) in [5, 5.41) is 4.14. The zero-order chi connectivity index (χ0) is 21.1. The molecule has 3 aromatic carbocycles. The average Bonchev–Trinajstić information content (AvgIpc) is 2.78. The normalized spacial score (nSPS) is 10.6. The molecule has 3 N–H and O–H groups in total. The summed E-state index contributed by atoms with van der Waals surface area (Å²) in [6.07, 6.45) is 0. The van der Waals surface area contributed by atoms with Crippen molar-refractivity contribution in [1.82, 2.24) is 9.97 Å². The molecular formula is C23H20N4O3. The molecule has 1 aromatic heterocycles. The molecule has 0 fully saturated rings. The van der Waals surface area contributed by atoms with Gasteiger partial charge in [-0.1, -0.05) is 30.3 Å². The molecule has 4 rings (SSSR count). The number of amides is 1. The highest BCUT2D eigenvalue weighted by atomic mass is 16.5. The maximum absolute atomic E-state index is 11.4. The zero-order valence-electron chi connectivity index (χ0n) is 16.5. The van der Waals surface area contributed by atoms with Crippen LogP contribution >= 0.6 is 0 Å². The highest BCUT2D eigenvalue weighted by Crippen LogP contribution is 2.36. The number of rotatable bonds is 6. The van der Waals surface area contributed by atoms with E-state index in [-0.39, 0.29) is 0 Å². The number of carbonyl (C=O) groups excluding carboxylic acids is 1. The Bertz CT molecular complexity index is 1210. The summed E-state index contributed by atoms with van der Waals surface area (Å²) in [5.41, 5.74) is 8.10. The van der Waals surface area contributed by atoms with Gasteiger partial charge in [-0.05, 0) is 30.3 Å². The molecule has 0 aliphatic carbocycles. The van der Waals surface area contributed by atoms with E-state index in [0.29, 0.717) is 34.2 Å². The van der Waals surface area contributed by atoms with Crippen LogP contribution in [-0.2, 0) is 0 Å². The van der Waals surface area contributed by atoms with Gasteiger partial charge in [-0.25, -0.2) is 9.97 Å². The minimum Gasteiger partial charge on any atom is -0.493 e. The monoisotopic (exact) mass is 400 g/mol. The molecular weight excluding hydrogens is 380 g/mol. The van der Waals surface area contributed by atoms with E-state index < -0.39 is 5.91 Å². The van der Waals surface area contributed by atoms with Crippen molar-refractivity contribution in [3.05, 3.63) is 72.3 Å². The largest absolute Gasteiger partial charge is 0.493 e. The third-order valence-corrected chi connectivity index (χ3v) is 4.67. The standard InChI is InChI=1S/C23H20N4O3/c1-29-19-12-17-18(13-20(19)30-2)26-22(15-10-8-14(9-11-15)21(24)28)27-23(17)25-16-6-4-3-5-7-16/h3-13H,1-2H3,(H2,24,28)(H,25,26,27). The lowest BCUT2D eigenvalue weighted by Gasteiger charge is -2.14. The first-order valence-electron chi connectivity index (χ1n) is 9.25. The van der Waals surface area contributed by atoms with Crippen LogP contribution in [0.25, 0.3) is 22.3 Å². The molecule has 0 aliphatic rings. The van der Waals surface area contributed by atoms with Gasteiger partial charge in [-0.2, -0.15) is 0 Å². The molecule has 0 atom stereocenters. The summed E-state index contributed by atoms with van der Waals surface area (Å²) < 4.78 is 10.9. The SMILES string of the molecule is COc1cc2nc(-c3ccc(C(N)=O)cc3)nc(Nc3ccccc3)c2cc1OC. The number of anilines is 2. The Hall–Kier alpha value is -4.13. The van der Waals surface area contributed by atoms with Gasteiger partial charge >= 0.3 is 0 Å². The van der Waals surface area contributed by atoms with Gasteiger partial charge in [0.15, 0.2) is 17.3 Å². The van der Waals surface area contributed by atoms with Gasteiger partial charge in [0.2, 0.25) is 5.91 Å². The zero-order valence-corrected chi connectivity index (χ0v) is 16.5. The van der Waals surface area contributed by atoms with Crippen LogP contribution in [0.15, 0.2) is 66.7 Å². The highest BCUT2D eigenvalue weighted by Gasteiger charge is 2.15. The number of ether oxygens (including phenoxy) is 2. The molecule has 150 valence electrons. The van der Waals surface area contributed by atoms with E-state index in [9.17, 15) is 4.79 Å². The maximum atomic E-state index is 11.4. The molecule has 1 heterocycles. The number of nitrogens with zero attached hydrogens (tertiary/aromatic N) is 2. The number of carbonyl (C=O) groups is 1. The fraction of sp³-hybridized carbons (Fsp3) is 0.0870. The number of primary amides is 1. The number of benzene rings is 3. The van der Waals surface area contributed by atoms with Crippen LogP contribution < -0.4 is 20.5 Å². The second-order valence-corrected chi connectivity index (χ2v) is 6.55. The van der Waals surface area contributed by atoms with Crippen LogP contribution in [0.2, 0.25) is 0 Å². The molecule has 7 nitrogen and oxygen atoms in total. The van der Waals surface area contributed by atoms with Crippen molar-refractivity contribution in [2.75, 3.05) is 19.5 Å². The molecule has 0 saturated carbocycles. The number of methoxy groups -OCH3 is 2. The number of aromatic nitrogens is 2. The Morgan fingerprint density at radius 2 is 1.57 bits per heavy atom.